The van der Waals surface area contributed by atoms with E-state index in [1.807, 2.05) is 16.8 Å². The number of benzene rings is 2. The summed E-state index contributed by atoms with van der Waals surface area (Å²) in [6, 6.07) is 12.1. The highest BCUT2D eigenvalue weighted by molar-refractivity contribution is 9.10. The summed E-state index contributed by atoms with van der Waals surface area (Å²) >= 11 is 16.4. The van der Waals surface area contributed by atoms with Crippen LogP contribution in [0.2, 0.25) is 10.0 Å². The molecule has 1 saturated heterocycles. The van der Waals surface area contributed by atoms with Crippen LogP contribution < -0.4 is 5.43 Å². The van der Waals surface area contributed by atoms with Gasteiger partial charge >= 0.3 is 0 Å². The second-order valence-electron chi connectivity index (χ2n) is 7.97. The minimum Gasteiger partial charge on any atom is -0.249 e. The first-order chi connectivity index (χ1) is 14.6. The van der Waals surface area contributed by atoms with Gasteiger partial charge in [-0.15, -0.1) is 0 Å². The van der Waals surface area contributed by atoms with Gasteiger partial charge in [0.05, 0.1) is 28.6 Å². The van der Waals surface area contributed by atoms with E-state index in [0.29, 0.717) is 10.0 Å². The summed E-state index contributed by atoms with van der Waals surface area (Å²) in [5.41, 5.74) is 10.6. The van der Waals surface area contributed by atoms with Crippen LogP contribution in [0.4, 0.5) is 0 Å². The van der Waals surface area contributed by atoms with Gasteiger partial charge in [0.1, 0.15) is 0 Å². The summed E-state index contributed by atoms with van der Waals surface area (Å²) in [6.07, 6.45) is 5.81. The zero-order valence-corrected chi connectivity index (χ0v) is 19.7. The lowest BCUT2D eigenvalue weighted by molar-refractivity contribution is 0.150. The predicted octanol–water partition coefficient (Wildman–Crippen LogP) is 6.20. The first kappa shape index (κ1) is 20.5. The van der Waals surface area contributed by atoms with Crippen LogP contribution in [-0.4, -0.2) is 27.9 Å². The van der Waals surface area contributed by atoms with Crippen molar-refractivity contribution in [3.63, 3.8) is 0 Å². The first-order valence-electron chi connectivity index (χ1n) is 10.4. The predicted molar refractivity (Wildman–Crippen MR) is 126 cm³/mol. The van der Waals surface area contributed by atoms with Crippen molar-refractivity contribution < 1.29 is 0 Å². The van der Waals surface area contributed by atoms with Crippen molar-refractivity contribution in [3.8, 4) is 16.9 Å². The maximum absolute atomic E-state index is 6.59. The molecule has 7 heteroatoms. The van der Waals surface area contributed by atoms with Crippen LogP contribution >= 0.6 is 39.1 Å². The third kappa shape index (κ3) is 3.94. The van der Waals surface area contributed by atoms with Crippen molar-refractivity contribution >= 4 is 39.1 Å². The summed E-state index contributed by atoms with van der Waals surface area (Å²) in [5, 5.41) is 8.61. The zero-order chi connectivity index (χ0) is 20.7. The van der Waals surface area contributed by atoms with Gasteiger partial charge in [0.2, 0.25) is 0 Å². The third-order valence-electron chi connectivity index (χ3n) is 6.00. The molecule has 3 aromatic rings. The van der Waals surface area contributed by atoms with Gasteiger partial charge in [-0.1, -0.05) is 51.6 Å². The Balaban J connectivity index is 1.59. The van der Waals surface area contributed by atoms with Gasteiger partial charge in [-0.05, 0) is 61.6 Å². The Morgan fingerprint density at radius 1 is 1.00 bits per heavy atom. The fourth-order valence-electron chi connectivity index (χ4n) is 4.50. The Morgan fingerprint density at radius 2 is 1.83 bits per heavy atom. The molecule has 1 aliphatic heterocycles. The number of rotatable bonds is 4. The van der Waals surface area contributed by atoms with Gasteiger partial charge < -0.3 is 0 Å². The highest BCUT2D eigenvalue weighted by Crippen LogP contribution is 2.39. The van der Waals surface area contributed by atoms with E-state index in [4.69, 9.17) is 28.3 Å². The lowest BCUT2D eigenvalue weighted by Gasteiger charge is -2.27. The highest BCUT2D eigenvalue weighted by Gasteiger charge is 2.27. The molecule has 2 aromatic carbocycles. The Bertz CT molecular complexity index is 1090. The molecule has 1 aromatic heterocycles. The second-order valence-corrected chi connectivity index (χ2v) is 9.72. The van der Waals surface area contributed by atoms with E-state index in [1.54, 1.807) is 6.07 Å². The summed E-state index contributed by atoms with van der Waals surface area (Å²) < 4.78 is 3.11. The average Bonchev–Trinajstić information content (AvgIpc) is 3.11. The Labute approximate surface area is 195 Å². The quantitative estimate of drug-likeness (QED) is 0.458. The summed E-state index contributed by atoms with van der Waals surface area (Å²) in [7, 11) is 0. The topological polar surface area (TPSA) is 33.1 Å². The van der Waals surface area contributed by atoms with Crippen LogP contribution in [0.25, 0.3) is 16.9 Å². The smallest absolute Gasteiger partial charge is 0.0840 e. The van der Waals surface area contributed by atoms with Gasteiger partial charge in [0, 0.05) is 33.7 Å². The molecule has 0 radical (unpaired) electrons. The number of piperidine rings is 1. The largest absolute Gasteiger partial charge is 0.249 e. The molecule has 30 heavy (non-hydrogen) atoms. The maximum atomic E-state index is 6.59. The van der Waals surface area contributed by atoms with Crippen LogP contribution in [0.1, 0.15) is 36.1 Å². The number of hydrazine groups is 1. The molecule has 1 aliphatic carbocycles. The SMILES string of the molecule is Clc1ccc(-n2nc(CNN3CCCCC3)c3c2-c2ccc(Br)cc2CC3)c(Cl)c1. The second kappa shape index (κ2) is 8.64. The van der Waals surface area contributed by atoms with Gasteiger partial charge in [0.15, 0.2) is 0 Å². The minimum atomic E-state index is 0.604. The monoisotopic (exact) mass is 504 g/mol. The minimum absolute atomic E-state index is 0.604. The number of nitrogens with zero attached hydrogens (tertiary/aromatic N) is 3. The van der Waals surface area contributed by atoms with Gasteiger partial charge in [-0.25, -0.2) is 15.1 Å². The fraction of sp³-hybridized carbons (Fsp3) is 0.348. The van der Waals surface area contributed by atoms with E-state index >= 15 is 0 Å². The van der Waals surface area contributed by atoms with Crippen molar-refractivity contribution in [3.05, 3.63) is 67.7 Å². The molecule has 0 saturated carbocycles. The molecule has 1 N–H and O–H groups in total. The number of nitrogens with one attached hydrogen (secondary N) is 1. The lowest BCUT2D eigenvalue weighted by Crippen LogP contribution is -2.41. The molecule has 0 bridgehead atoms. The molecule has 5 rings (SSSR count). The van der Waals surface area contributed by atoms with Crippen LogP contribution in [0.15, 0.2) is 40.9 Å². The van der Waals surface area contributed by atoms with Gasteiger partial charge in [-0.2, -0.15) is 5.10 Å². The number of hydrogen-bond donors (Lipinski definition) is 1. The normalized spacial score (nSPS) is 16.4. The molecular weight excluding hydrogens is 483 g/mol. The Morgan fingerprint density at radius 3 is 2.63 bits per heavy atom. The molecule has 2 aliphatic rings. The number of hydrogen-bond acceptors (Lipinski definition) is 3. The molecule has 0 atom stereocenters. The van der Waals surface area contributed by atoms with Gasteiger partial charge in [0.25, 0.3) is 0 Å². The van der Waals surface area contributed by atoms with Crippen LogP contribution in [0.3, 0.4) is 0 Å². The van der Waals surface area contributed by atoms with Crippen LogP contribution in [-0.2, 0) is 19.4 Å². The lowest BCUT2D eigenvalue weighted by atomic mass is 9.89. The number of aryl methyl sites for hydroxylation is 1. The van der Waals surface area contributed by atoms with E-state index in [-0.39, 0.29) is 0 Å². The van der Waals surface area contributed by atoms with E-state index in [2.05, 4.69) is 44.6 Å². The van der Waals surface area contributed by atoms with Gasteiger partial charge in [-0.3, -0.25) is 0 Å². The van der Waals surface area contributed by atoms with Crippen molar-refractivity contribution in [2.45, 2.75) is 38.6 Å². The van der Waals surface area contributed by atoms with Crippen LogP contribution in [0.5, 0.6) is 0 Å². The average molecular weight is 506 g/mol. The summed E-state index contributed by atoms with van der Waals surface area (Å²) in [6.45, 7) is 2.93. The molecule has 2 heterocycles. The van der Waals surface area contributed by atoms with Crippen molar-refractivity contribution in [1.82, 2.24) is 20.2 Å². The molecule has 0 spiro atoms. The molecule has 0 unspecified atom stereocenters. The summed E-state index contributed by atoms with van der Waals surface area (Å²) in [4.78, 5) is 0. The molecule has 0 amide bonds. The van der Waals surface area contributed by atoms with Crippen LogP contribution in [0, 0.1) is 0 Å². The Hall–Kier alpha value is -1.37. The third-order valence-corrected chi connectivity index (χ3v) is 7.03. The van der Waals surface area contributed by atoms with E-state index < -0.39 is 0 Å². The van der Waals surface area contributed by atoms with Crippen molar-refractivity contribution in [2.24, 2.45) is 0 Å². The first-order valence-corrected chi connectivity index (χ1v) is 12.0. The van der Waals surface area contributed by atoms with E-state index in [1.165, 1.54) is 36.0 Å². The number of halogens is 3. The molecule has 1 fully saturated rings. The molecular formula is C23H23BrCl2N4. The standard InChI is InChI=1S/C23H23BrCl2N4/c24-16-5-8-18-15(12-16)4-7-19-21(14-27-29-10-2-1-3-11-29)28-30(23(18)19)22-9-6-17(25)13-20(22)26/h5-6,8-9,12-13,27H,1-4,7,10-11,14H2. The Kier molecular flexibility index (Phi) is 5.91. The van der Waals surface area contributed by atoms with Crippen molar-refractivity contribution in [1.29, 1.82) is 0 Å². The highest BCUT2D eigenvalue weighted by atomic mass is 79.9. The van der Waals surface area contributed by atoms with E-state index in [9.17, 15) is 0 Å². The zero-order valence-electron chi connectivity index (χ0n) is 16.6. The van der Waals surface area contributed by atoms with Crippen molar-refractivity contribution in [2.75, 3.05) is 13.1 Å². The molecule has 156 valence electrons. The van der Waals surface area contributed by atoms with E-state index in [0.717, 1.165) is 54.0 Å². The number of fused-ring (bicyclic) bond motifs is 3. The summed E-state index contributed by atoms with van der Waals surface area (Å²) in [5.74, 6) is 0. The number of aromatic nitrogens is 2. The maximum Gasteiger partial charge on any atom is 0.0840 e. The fourth-order valence-corrected chi connectivity index (χ4v) is 5.40. The molecule has 4 nitrogen and oxygen atoms in total.